The molecule has 23 heavy (non-hydrogen) atoms. The van der Waals surface area contributed by atoms with E-state index in [2.05, 4.69) is 5.32 Å². The summed E-state index contributed by atoms with van der Waals surface area (Å²) in [6.45, 7) is 0.513. The minimum absolute atomic E-state index is 0.0909. The van der Waals surface area contributed by atoms with E-state index in [1.807, 2.05) is 30.3 Å². The molecule has 0 aliphatic heterocycles. The van der Waals surface area contributed by atoms with Crippen LogP contribution in [0.3, 0.4) is 0 Å². The van der Waals surface area contributed by atoms with Gasteiger partial charge >= 0.3 is 0 Å². The minimum Gasteiger partial charge on any atom is -0.493 e. The first-order chi connectivity index (χ1) is 11.2. The van der Waals surface area contributed by atoms with Gasteiger partial charge in [0.05, 0.1) is 27.2 Å². The van der Waals surface area contributed by atoms with Gasteiger partial charge in [-0.3, -0.25) is 4.79 Å². The summed E-state index contributed by atoms with van der Waals surface area (Å²) >= 11 is 0. The van der Waals surface area contributed by atoms with E-state index in [9.17, 15) is 4.79 Å². The first-order valence-electron chi connectivity index (χ1n) is 7.25. The second-order valence-corrected chi connectivity index (χ2v) is 5.05. The van der Waals surface area contributed by atoms with Gasteiger partial charge in [0.25, 0.3) is 0 Å². The fraction of sp³-hybridized carbons (Fsp3) is 0.278. The smallest absolute Gasteiger partial charge is 0.228 e. The summed E-state index contributed by atoms with van der Waals surface area (Å²) in [5, 5.41) is 2.89. The van der Waals surface area contributed by atoms with E-state index in [1.165, 1.54) is 0 Å². The summed E-state index contributed by atoms with van der Waals surface area (Å²) in [5.74, 6) is 1.16. The van der Waals surface area contributed by atoms with Crippen LogP contribution in [0.2, 0.25) is 0 Å². The van der Waals surface area contributed by atoms with Gasteiger partial charge in [-0.15, -0.1) is 0 Å². The molecule has 5 nitrogen and oxygen atoms in total. The van der Waals surface area contributed by atoms with E-state index in [0.29, 0.717) is 18.1 Å². The first-order valence-corrected chi connectivity index (χ1v) is 7.25. The van der Waals surface area contributed by atoms with Crippen molar-refractivity contribution in [2.75, 3.05) is 26.6 Å². The molecule has 1 amide bonds. The van der Waals surface area contributed by atoms with Gasteiger partial charge in [0, 0.05) is 12.8 Å². The second kappa shape index (κ2) is 8.19. The Morgan fingerprint density at radius 3 is 2.43 bits per heavy atom. The first kappa shape index (κ1) is 16.8. The fourth-order valence-electron chi connectivity index (χ4n) is 2.29. The molecule has 0 radical (unpaired) electrons. The van der Waals surface area contributed by atoms with Crippen molar-refractivity contribution in [3.63, 3.8) is 0 Å². The number of methoxy groups -OCH3 is 3. The molecule has 1 N–H and O–H groups in total. The van der Waals surface area contributed by atoms with Gasteiger partial charge < -0.3 is 19.5 Å². The fourth-order valence-corrected chi connectivity index (χ4v) is 2.29. The van der Waals surface area contributed by atoms with Gasteiger partial charge in [0.15, 0.2) is 11.5 Å². The van der Waals surface area contributed by atoms with E-state index < -0.39 is 0 Å². The molecule has 0 unspecified atom stereocenters. The molecule has 122 valence electrons. The predicted octanol–water partition coefficient (Wildman–Crippen LogP) is 3.03. The number of anilines is 1. The third-order valence-electron chi connectivity index (χ3n) is 3.33. The molecule has 0 bridgehead atoms. The summed E-state index contributed by atoms with van der Waals surface area (Å²) in [7, 11) is 4.79. The quantitative estimate of drug-likeness (QED) is 0.853. The van der Waals surface area contributed by atoms with Crippen molar-refractivity contribution in [2.45, 2.75) is 13.0 Å². The Bertz CT molecular complexity index is 670. The molecule has 0 fully saturated rings. The Morgan fingerprint density at radius 2 is 1.74 bits per heavy atom. The number of carbonyl (C=O) groups excluding carboxylic acids is 1. The zero-order valence-corrected chi connectivity index (χ0v) is 13.6. The number of benzene rings is 2. The average Bonchev–Trinajstić information content (AvgIpc) is 2.55. The van der Waals surface area contributed by atoms with E-state index >= 15 is 0 Å². The van der Waals surface area contributed by atoms with E-state index in [0.717, 1.165) is 16.8 Å². The summed E-state index contributed by atoms with van der Waals surface area (Å²) < 4.78 is 15.5. The Balaban J connectivity index is 2.03. The highest BCUT2D eigenvalue weighted by Crippen LogP contribution is 2.27. The molecule has 2 aromatic rings. The van der Waals surface area contributed by atoms with Crippen LogP contribution in [0.15, 0.2) is 42.5 Å². The summed E-state index contributed by atoms with van der Waals surface area (Å²) in [6, 6.07) is 13.0. The number of nitrogens with one attached hydrogen (secondary N) is 1. The van der Waals surface area contributed by atoms with Crippen molar-refractivity contribution in [1.82, 2.24) is 0 Å². The molecule has 0 spiro atoms. The molecule has 5 heteroatoms. The zero-order valence-electron chi connectivity index (χ0n) is 13.6. The van der Waals surface area contributed by atoms with Crippen molar-refractivity contribution in [3.8, 4) is 11.5 Å². The molecular formula is C18H21NO4. The Morgan fingerprint density at radius 1 is 0.957 bits per heavy atom. The molecule has 0 aliphatic carbocycles. The zero-order chi connectivity index (χ0) is 16.7. The van der Waals surface area contributed by atoms with Crippen LogP contribution >= 0.6 is 0 Å². The standard InChI is InChI=1S/C18H21NO4/c1-21-12-14-5-4-6-15(9-14)19-18(20)11-13-7-8-16(22-2)17(10-13)23-3/h4-10H,11-12H2,1-3H3,(H,19,20). The maximum Gasteiger partial charge on any atom is 0.228 e. The summed E-state index contributed by atoms with van der Waals surface area (Å²) in [6.07, 6.45) is 0.259. The van der Waals surface area contributed by atoms with Crippen LogP contribution in [-0.4, -0.2) is 27.2 Å². The normalized spacial score (nSPS) is 10.2. The van der Waals surface area contributed by atoms with Crippen LogP contribution in [0.5, 0.6) is 11.5 Å². The molecule has 0 aliphatic rings. The van der Waals surface area contributed by atoms with Crippen molar-refractivity contribution in [2.24, 2.45) is 0 Å². The van der Waals surface area contributed by atoms with Crippen LogP contribution in [0.4, 0.5) is 5.69 Å². The van der Waals surface area contributed by atoms with Crippen molar-refractivity contribution >= 4 is 11.6 Å². The maximum atomic E-state index is 12.2. The number of amides is 1. The van der Waals surface area contributed by atoms with Crippen LogP contribution in [0.1, 0.15) is 11.1 Å². The number of ether oxygens (including phenoxy) is 3. The average molecular weight is 315 g/mol. The van der Waals surface area contributed by atoms with Gasteiger partial charge in [-0.05, 0) is 35.4 Å². The lowest BCUT2D eigenvalue weighted by Gasteiger charge is -2.10. The topological polar surface area (TPSA) is 56.8 Å². The molecule has 2 rings (SSSR count). The van der Waals surface area contributed by atoms with Crippen molar-refractivity contribution < 1.29 is 19.0 Å². The van der Waals surface area contributed by atoms with Crippen LogP contribution in [-0.2, 0) is 22.6 Å². The number of rotatable bonds is 7. The second-order valence-electron chi connectivity index (χ2n) is 5.05. The minimum atomic E-state index is -0.0909. The lowest BCUT2D eigenvalue weighted by atomic mass is 10.1. The largest absolute Gasteiger partial charge is 0.493 e. The van der Waals surface area contributed by atoms with E-state index in [-0.39, 0.29) is 12.3 Å². The third kappa shape index (κ3) is 4.72. The molecule has 0 saturated carbocycles. The van der Waals surface area contributed by atoms with Gasteiger partial charge in [-0.2, -0.15) is 0 Å². The van der Waals surface area contributed by atoms with Gasteiger partial charge in [-0.1, -0.05) is 18.2 Å². The Hall–Kier alpha value is -2.53. The van der Waals surface area contributed by atoms with Crippen LogP contribution in [0, 0.1) is 0 Å². The molecule has 0 heterocycles. The van der Waals surface area contributed by atoms with Crippen molar-refractivity contribution in [1.29, 1.82) is 0 Å². The number of carbonyl (C=O) groups is 1. The van der Waals surface area contributed by atoms with Gasteiger partial charge in [-0.25, -0.2) is 0 Å². The highest BCUT2D eigenvalue weighted by molar-refractivity contribution is 5.92. The summed E-state index contributed by atoms with van der Waals surface area (Å²) in [5.41, 5.74) is 2.62. The van der Waals surface area contributed by atoms with Crippen molar-refractivity contribution in [3.05, 3.63) is 53.6 Å². The summed E-state index contributed by atoms with van der Waals surface area (Å²) in [4.78, 5) is 12.2. The monoisotopic (exact) mass is 315 g/mol. The van der Waals surface area contributed by atoms with Crippen LogP contribution in [0.25, 0.3) is 0 Å². The highest BCUT2D eigenvalue weighted by atomic mass is 16.5. The molecule has 2 aromatic carbocycles. The number of hydrogen-bond donors (Lipinski definition) is 1. The Kier molecular flexibility index (Phi) is 6.00. The molecular weight excluding hydrogens is 294 g/mol. The number of hydrogen-bond acceptors (Lipinski definition) is 4. The van der Waals surface area contributed by atoms with Gasteiger partial charge in [0.2, 0.25) is 5.91 Å². The molecule has 0 saturated heterocycles. The highest BCUT2D eigenvalue weighted by Gasteiger charge is 2.09. The lowest BCUT2D eigenvalue weighted by Crippen LogP contribution is -2.14. The van der Waals surface area contributed by atoms with Crippen LogP contribution < -0.4 is 14.8 Å². The maximum absolute atomic E-state index is 12.2. The van der Waals surface area contributed by atoms with E-state index in [4.69, 9.17) is 14.2 Å². The van der Waals surface area contributed by atoms with Gasteiger partial charge in [0.1, 0.15) is 0 Å². The Labute approximate surface area is 136 Å². The molecule has 0 aromatic heterocycles. The molecule has 0 atom stereocenters. The third-order valence-corrected chi connectivity index (χ3v) is 3.33. The SMILES string of the molecule is COCc1cccc(NC(=O)Cc2ccc(OC)c(OC)c2)c1. The predicted molar refractivity (Wildman–Crippen MR) is 89.0 cm³/mol. The van der Waals surface area contributed by atoms with E-state index in [1.54, 1.807) is 33.5 Å². The lowest BCUT2D eigenvalue weighted by molar-refractivity contribution is -0.115.